The van der Waals surface area contributed by atoms with E-state index in [0.717, 1.165) is 0 Å². The maximum Gasteiger partial charge on any atom is 0.323 e. The van der Waals surface area contributed by atoms with Gasteiger partial charge >= 0.3 is 5.69 Å². The Kier molecular flexibility index (Phi) is 3.99. The van der Waals surface area contributed by atoms with Crippen LogP contribution in [0.3, 0.4) is 0 Å². The molecule has 0 atom stereocenters. The summed E-state index contributed by atoms with van der Waals surface area (Å²) in [6.45, 7) is 3.07. The van der Waals surface area contributed by atoms with Crippen molar-refractivity contribution in [2.24, 2.45) is 0 Å². The van der Waals surface area contributed by atoms with E-state index in [1.54, 1.807) is 11.0 Å². The van der Waals surface area contributed by atoms with Gasteiger partial charge in [0.1, 0.15) is 0 Å². The van der Waals surface area contributed by atoms with Gasteiger partial charge in [0.05, 0.1) is 15.9 Å². The molecule has 2 N–H and O–H groups in total. The molecule has 23 heavy (non-hydrogen) atoms. The number of nitrogens with zero attached hydrogens (tertiary/aromatic N) is 2. The first kappa shape index (κ1) is 15.8. The minimum absolute atomic E-state index is 0.0458. The zero-order valence-corrected chi connectivity index (χ0v) is 13.5. The molecule has 1 aliphatic rings. The summed E-state index contributed by atoms with van der Waals surface area (Å²) < 4.78 is 27.0. The number of nitrogens with one attached hydrogen (secondary N) is 2. The molecule has 1 aliphatic heterocycles. The zero-order chi connectivity index (χ0) is 16.6. The molecule has 0 unspecified atom stereocenters. The van der Waals surface area contributed by atoms with Crippen LogP contribution in [0.15, 0.2) is 27.9 Å². The fourth-order valence-corrected chi connectivity index (χ4v) is 4.27. The number of H-pyrrole nitrogens is 2. The average molecular weight is 338 g/mol. The van der Waals surface area contributed by atoms with Crippen LogP contribution in [0.2, 0.25) is 0 Å². The summed E-state index contributed by atoms with van der Waals surface area (Å²) in [7, 11) is -3.66. The van der Waals surface area contributed by atoms with Crippen molar-refractivity contribution in [3.63, 3.8) is 0 Å². The highest BCUT2D eigenvalue weighted by molar-refractivity contribution is 7.89. The molecule has 0 spiro atoms. The number of sulfonamides is 1. The molecule has 1 aromatic carbocycles. The Bertz CT molecular complexity index is 899. The number of hydrogen-bond acceptors (Lipinski definition) is 4. The maximum atomic E-state index is 12.8. The Morgan fingerprint density at radius 3 is 2.57 bits per heavy atom. The number of imidazole rings is 1. The molecule has 3 rings (SSSR count). The van der Waals surface area contributed by atoms with Crippen LogP contribution < -0.4 is 5.69 Å². The number of amides is 1. The number of hydrogen-bond donors (Lipinski definition) is 2. The first-order valence-corrected chi connectivity index (χ1v) is 8.79. The Hall–Kier alpha value is -2.13. The zero-order valence-electron chi connectivity index (χ0n) is 12.7. The fraction of sp³-hybridized carbons (Fsp3) is 0.429. The number of carbonyl (C=O) groups is 1. The van der Waals surface area contributed by atoms with Gasteiger partial charge in [0, 0.05) is 33.1 Å². The van der Waals surface area contributed by atoms with E-state index in [9.17, 15) is 18.0 Å². The van der Waals surface area contributed by atoms with E-state index < -0.39 is 10.0 Å². The van der Waals surface area contributed by atoms with Crippen molar-refractivity contribution < 1.29 is 13.2 Å². The van der Waals surface area contributed by atoms with Gasteiger partial charge in [0.15, 0.2) is 0 Å². The van der Waals surface area contributed by atoms with E-state index in [1.165, 1.54) is 23.4 Å². The van der Waals surface area contributed by atoms with Crippen LogP contribution in [0, 0.1) is 0 Å². The molecule has 9 heteroatoms. The minimum Gasteiger partial charge on any atom is -0.342 e. The van der Waals surface area contributed by atoms with Crippen molar-refractivity contribution in [3.8, 4) is 0 Å². The highest BCUT2D eigenvalue weighted by Crippen LogP contribution is 2.20. The van der Waals surface area contributed by atoms with Crippen molar-refractivity contribution in [3.05, 3.63) is 28.7 Å². The Labute approximate surface area is 133 Å². The van der Waals surface area contributed by atoms with Gasteiger partial charge in [-0.1, -0.05) is 0 Å². The molecule has 1 aromatic heterocycles. The van der Waals surface area contributed by atoms with Crippen LogP contribution in [-0.4, -0.2) is 59.7 Å². The topological polar surface area (TPSA) is 106 Å². The molecule has 0 saturated carbocycles. The smallest absolute Gasteiger partial charge is 0.323 e. The third-order valence-electron chi connectivity index (χ3n) is 4.03. The standard InChI is InChI=1S/C14H18N4O4S/c1-10(19)17-5-2-6-18(8-7-17)23(21,22)11-3-4-12-13(9-11)16-14(20)15-12/h3-4,9H,2,5-8H2,1H3,(H2,15,16,20). The summed E-state index contributed by atoms with van der Waals surface area (Å²) in [6, 6.07) is 4.51. The van der Waals surface area contributed by atoms with Crippen LogP contribution in [0.5, 0.6) is 0 Å². The molecule has 2 aromatic rings. The molecular formula is C14H18N4O4S. The maximum absolute atomic E-state index is 12.8. The van der Waals surface area contributed by atoms with E-state index >= 15 is 0 Å². The summed E-state index contributed by atoms with van der Waals surface area (Å²) in [5, 5.41) is 0. The summed E-state index contributed by atoms with van der Waals surface area (Å²) in [4.78, 5) is 29.7. The van der Waals surface area contributed by atoms with Crippen molar-refractivity contribution in [1.29, 1.82) is 0 Å². The first-order chi connectivity index (χ1) is 10.9. The third-order valence-corrected chi connectivity index (χ3v) is 5.92. The molecule has 124 valence electrons. The van der Waals surface area contributed by atoms with E-state index in [1.807, 2.05) is 0 Å². The Balaban J connectivity index is 1.90. The summed E-state index contributed by atoms with van der Waals surface area (Å²) in [5.41, 5.74) is 0.644. The predicted molar refractivity (Wildman–Crippen MR) is 84.5 cm³/mol. The quantitative estimate of drug-likeness (QED) is 0.810. The highest BCUT2D eigenvalue weighted by Gasteiger charge is 2.27. The summed E-state index contributed by atoms with van der Waals surface area (Å²) >= 11 is 0. The predicted octanol–water partition coefficient (Wildman–Crippen LogP) is 0.0991. The first-order valence-electron chi connectivity index (χ1n) is 7.35. The van der Waals surface area contributed by atoms with Gasteiger partial charge in [0.25, 0.3) is 0 Å². The Morgan fingerprint density at radius 1 is 1.09 bits per heavy atom. The number of fused-ring (bicyclic) bond motifs is 1. The van der Waals surface area contributed by atoms with Gasteiger partial charge in [0.2, 0.25) is 15.9 Å². The highest BCUT2D eigenvalue weighted by atomic mass is 32.2. The molecule has 1 saturated heterocycles. The fourth-order valence-electron chi connectivity index (χ4n) is 2.77. The number of aromatic nitrogens is 2. The largest absolute Gasteiger partial charge is 0.342 e. The number of benzene rings is 1. The second kappa shape index (κ2) is 5.82. The lowest BCUT2D eigenvalue weighted by molar-refractivity contribution is -0.128. The van der Waals surface area contributed by atoms with Gasteiger partial charge in [-0.05, 0) is 24.6 Å². The summed E-state index contributed by atoms with van der Waals surface area (Å²) in [5.74, 6) is -0.0458. The molecule has 0 bridgehead atoms. The van der Waals surface area contributed by atoms with E-state index in [4.69, 9.17) is 0 Å². The van der Waals surface area contributed by atoms with Crippen molar-refractivity contribution >= 4 is 27.0 Å². The molecule has 1 amide bonds. The Morgan fingerprint density at radius 2 is 1.83 bits per heavy atom. The lowest BCUT2D eigenvalue weighted by Gasteiger charge is -2.21. The van der Waals surface area contributed by atoms with Crippen molar-refractivity contribution in [2.75, 3.05) is 26.2 Å². The van der Waals surface area contributed by atoms with E-state index in [2.05, 4.69) is 9.97 Å². The number of carbonyl (C=O) groups excluding carboxylic acids is 1. The second-order valence-electron chi connectivity index (χ2n) is 5.55. The minimum atomic E-state index is -3.66. The molecule has 0 radical (unpaired) electrons. The molecule has 0 aliphatic carbocycles. The lowest BCUT2D eigenvalue weighted by atomic mass is 10.3. The van der Waals surface area contributed by atoms with Gasteiger partial charge in [-0.15, -0.1) is 0 Å². The summed E-state index contributed by atoms with van der Waals surface area (Å²) in [6.07, 6.45) is 0.599. The van der Waals surface area contributed by atoms with E-state index in [-0.39, 0.29) is 23.0 Å². The number of rotatable bonds is 2. The molecule has 8 nitrogen and oxygen atoms in total. The second-order valence-corrected chi connectivity index (χ2v) is 7.49. The SMILES string of the molecule is CC(=O)N1CCCN(S(=O)(=O)c2ccc3[nH]c(=O)[nH]c3c2)CC1. The average Bonchev–Trinajstić information content (AvgIpc) is 2.71. The van der Waals surface area contributed by atoms with Crippen LogP contribution in [0.25, 0.3) is 11.0 Å². The van der Waals surface area contributed by atoms with Gasteiger partial charge in [-0.3, -0.25) is 4.79 Å². The monoisotopic (exact) mass is 338 g/mol. The molecule has 1 fully saturated rings. The van der Waals surface area contributed by atoms with Gasteiger partial charge in [-0.25, -0.2) is 13.2 Å². The van der Waals surface area contributed by atoms with Crippen molar-refractivity contribution in [2.45, 2.75) is 18.2 Å². The molecule has 2 heterocycles. The number of aromatic amines is 2. The van der Waals surface area contributed by atoms with Crippen molar-refractivity contribution in [1.82, 2.24) is 19.2 Å². The van der Waals surface area contributed by atoms with Crippen LogP contribution in [-0.2, 0) is 14.8 Å². The van der Waals surface area contributed by atoms with Gasteiger partial charge in [-0.2, -0.15) is 4.31 Å². The van der Waals surface area contributed by atoms with E-state index in [0.29, 0.717) is 37.1 Å². The normalized spacial score (nSPS) is 17.3. The molecular weight excluding hydrogens is 320 g/mol. The van der Waals surface area contributed by atoms with Crippen LogP contribution in [0.4, 0.5) is 0 Å². The van der Waals surface area contributed by atoms with Crippen LogP contribution >= 0.6 is 0 Å². The third kappa shape index (κ3) is 3.02. The van der Waals surface area contributed by atoms with Crippen LogP contribution in [0.1, 0.15) is 13.3 Å². The lowest BCUT2D eigenvalue weighted by Crippen LogP contribution is -2.36. The van der Waals surface area contributed by atoms with Gasteiger partial charge < -0.3 is 14.9 Å².